The summed E-state index contributed by atoms with van der Waals surface area (Å²) in [6, 6.07) is 21.5. The van der Waals surface area contributed by atoms with Crippen LogP contribution in [0, 0.1) is 0 Å². The van der Waals surface area contributed by atoms with Gasteiger partial charge >= 0.3 is 0 Å². The predicted molar refractivity (Wildman–Crippen MR) is 136 cm³/mol. The lowest BCUT2D eigenvalue weighted by atomic mass is 10.1. The van der Waals surface area contributed by atoms with Crippen LogP contribution in [-0.4, -0.2) is 36.6 Å². The molecule has 6 nitrogen and oxygen atoms in total. The minimum atomic E-state index is 0. The van der Waals surface area contributed by atoms with E-state index in [0.29, 0.717) is 13.1 Å². The van der Waals surface area contributed by atoms with Gasteiger partial charge in [0.25, 0.3) is 5.56 Å². The maximum absolute atomic E-state index is 11.9. The third-order valence-electron chi connectivity index (χ3n) is 4.88. The number of aliphatic imine (C=N–C) groups is 1. The molecule has 164 valence electrons. The summed E-state index contributed by atoms with van der Waals surface area (Å²) < 4.78 is 6.91. The predicted octanol–water partition coefficient (Wildman–Crippen LogP) is 3.73. The minimum Gasteiger partial charge on any atom is -0.497 e. The molecule has 1 N–H and O–H groups in total. The highest BCUT2D eigenvalue weighted by molar-refractivity contribution is 14.0. The number of guanidine groups is 1. The van der Waals surface area contributed by atoms with Crippen LogP contribution >= 0.6 is 24.0 Å². The first-order chi connectivity index (χ1) is 14.6. The Morgan fingerprint density at radius 2 is 1.65 bits per heavy atom. The van der Waals surface area contributed by atoms with Crippen LogP contribution in [0.4, 0.5) is 0 Å². The Balaban J connectivity index is 0.00000341. The zero-order valence-electron chi connectivity index (χ0n) is 18.1. The van der Waals surface area contributed by atoms with Crippen LogP contribution in [-0.2, 0) is 19.6 Å². The topological polar surface area (TPSA) is 58.9 Å². The lowest BCUT2D eigenvalue weighted by Gasteiger charge is -2.22. The Morgan fingerprint density at radius 1 is 1.00 bits per heavy atom. The van der Waals surface area contributed by atoms with Crippen LogP contribution in [0.5, 0.6) is 5.75 Å². The van der Waals surface area contributed by atoms with Crippen LogP contribution < -0.4 is 15.6 Å². The van der Waals surface area contributed by atoms with Gasteiger partial charge in [0.2, 0.25) is 0 Å². The van der Waals surface area contributed by atoms with Crippen molar-refractivity contribution in [3.63, 3.8) is 0 Å². The van der Waals surface area contributed by atoms with Crippen LogP contribution in [0.3, 0.4) is 0 Å². The van der Waals surface area contributed by atoms with Crippen molar-refractivity contribution in [3.05, 3.63) is 100.0 Å². The number of pyridine rings is 1. The molecule has 1 heterocycles. The maximum atomic E-state index is 11.9. The number of nitrogens with one attached hydrogen (secondary N) is 1. The van der Waals surface area contributed by atoms with E-state index in [1.54, 1.807) is 37.1 Å². The number of ether oxygens (including phenoxy) is 1. The number of aromatic nitrogens is 1. The van der Waals surface area contributed by atoms with Crippen molar-refractivity contribution < 1.29 is 4.74 Å². The van der Waals surface area contributed by atoms with Gasteiger partial charge in [0.05, 0.1) is 13.7 Å². The zero-order valence-corrected chi connectivity index (χ0v) is 20.4. The highest BCUT2D eigenvalue weighted by atomic mass is 127. The van der Waals surface area contributed by atoms with Crippen molar-refractivity contribution in [3.8, 4) is 5.75 Å². The average molecular weight is 532 g/mol. The second-order valence-electron chi connectivity index (χ2n) is 7.09. The molecule has 0 unspecified atom stereocenters. The quantitative estimate of drug-likeness (QED) is 0.286. The molecule has 31 heavy (non-hydrogen) atoms. The summed E-state index contributed by atoms with van der Waals surface area (Å²) in [4.78, 5) is 18.3. The lowest BCUT2D eigenvalue weighted by Crippen LogP contribution is -2.38. The van der Waals surface area contributed by atoms with E-state index in [-0.39, 0.29) is 29.5 Å². The first-order valence-electron chi connectivity index (χ1n) is 9.87. The molecule has 3 aromatic rings. The minimum absolute atomic E-state index is 0. The van der Waals surface area contributed by atoms with Crippen molar-refractivity contribution in [2.24, 2.45) is 4.99 Å². The molecule has 0 saturated heterocycles. The van der Waals surface area contributed by atoms with Gasteiger partial charge in [-0.15, -0.1) is 24.0 Å². The fourth-order valence-electron chi connectivity index (χ4n) is 3.20. The lowest BCUT2D eigenvalue weighted by molar-refractivity contribution is 0.414. The molecule has 0 aliphatic carbocycles. The monoisotopic (exact) mass is 532 g/mol. The zero-order chi connectivity index (χ0) is 21.3. The number of halogens is 1. The number of hydrogen-bond acceptors (Lipinski definition) is 3. The van der Waals surface area contributed by atoms with E-state index in [1.165, 1.54) is 5.56 Å². The van der Waals surface area contributed by atoms with Crippen molar-refractivity contribution in [2.75, 3.05) is 21.2 Å². The molecule has 0 saturated carbocycles. The van der Waals surface area contributed by atoms with Gasteiger partial charge in [0.1, 0.15) is 5.75 Å². The maximum Gasteiger partial charge on any atom is 0.250 e. The number of nitrogens with zero attached hydrogens (tertiary/aromatic N) is 3. The molecule has 0 radical (unpaired) electrons. The van der Waals surface area contributed by atoms with Gasteiger partial charge in [-0.25, -0.2) is 0 Å². The number of benzene rings is 2. The molecule has 0 bridgehead atoms. The summed E-state index contributed by atoms with van der Waals surface area (Å²) in [7, 11) is 5.47. The summed E-state index contributed by atoms with van der Waals surface area (Å²) in [6.45, 7) is 1.99. The standard InChI is InChI=1S/C24H28N4O2.HI/c1-25-24(27(2)17-20-11-13-22(30-3)14-12-20)26-16-19-7-9-21(10-8-19)18-28-15-5-4-6-23(28)29;/h4-15H,16-18H2,1-3H3,(H,25,26);1H. The Kier molecular flexibility index (Phi) is 9.58. The van der Waals surface area contributed by atoms with Gasteiger partial charge in [-0.1, -0.05) is 42.5 Å². The van der Waals surface area contributed by atoms with E-state index >= 15 is 0 Å². The fourth-order valence-corrected chi connectivity index (χ4v) is 3.20. The van der Waals surface area contributed by atoms with Crippen LogP contribution in [0.25, 0.3) is 0 Å². The smallest absolute Gasteiger partial charge is 0.250 e. The van der Waals surface area contributed by atoms with Crippen LogP contribution in [0.15, 0.2) is 82.7 Å². The third kappa shape index (κ3) is 7.13. The van der Waals surface area contributed by atoms with Crippen LogP contribution in [0.2, 0.25) is 0 Å². The molecule has 0 atom stereocenters. The van der Waals surface area contributed by atoms with Gasteiger partial charge in [0, 0.05) is 39.4 Å². The SMILES string of the molecule is CN=C(NCc1ccc(Cn2ccccc2=O)cc1)N(C)Cc1ccc(OC)cc1.I. The molecule has 0 aliphatic rings. The Hall–Kier alpha value is -2.81. The molecule has 2 aromatic carbocycles. The molecule has 7 heteroatoms. The summed E-state index contributed by atoms with van der Waals surface area (Å²) in [5.74, 6) is 1.68. The third-order valence-corrected chi connectivity index (χ3v) is 4.88. The molecule has 0 amide bonds. The molecule has 0 fully saturated rings. The molecular weight excluding hydrogens is 503 g/mol. The summed E-state index contributed by atoms with van der Waals surface area (Å²) >= 11 is 0. The molecule has 0 spiro atoms. The van der Waals surface area contributed by atoms with Crippen molar-refractivity contribution >= 4 is 29.9 Å². The summed E-state index contributed by atoms with van der Waals surface area (Å²) in [5, 5.41) is 3.40. The van der Waals surface area contributed by atoms with E-state index in [4.69, 9.17) is 4.74 Å². The normalized spacial score (nSPS) is 10.9. The summed E-state index contributed by atoms with van der Waals surface area (Å²) in [5.41, 5.74) is 3.43. The molecule has 0 aliphatic heterocycles. The van der Waals surface area contributed by atoms with Crippen molar-refractivity contribution in [2.45, 2.75) is 19.6 Å². The molecule has 3 rings (SSSR count). The largest absolute Gasteiger partial charge is 0.497 e. The van der Waals surface area contributed by atoms with Crippen LogP contribution in [0.1, 0.15) is 16.7 Å². The van der Waals surface area contributed by atoms with E-state index < -0.39 is 0 Å². The van der Waals surface area contributed by atoms with Gasteiger partial charge in [-0.05, 0) is 34.9 Å². The molecular formula is C24H29IN4O2. The van der Waals surface area contributed by atoms with E-state index in [1.807, 2.05) is 25.2 Å². The average Bonchev–Trinajstić information content (AvgIpc) is 2.77. The van der Waals surface area contributed by atoms with E-state index in [0.717, 1.165) is 29.4 Å². The molecule has 1 aromatic heterocycles. The van der Waals surface area contributed by atoms with Gasteiger partial charge in [-0.2, -0.15) is 0 Å². The number of rotatable bonds is 7. The Bertz CT molecular complexity index is 1030. The Morgan fingerprint density at radius 3 is 2.26 bits per heavy atom. The fraction of sp³-hybridized carbons (Fsp3) is 0.250. The van der Waals surface area contributed by atoms with E-state index in [2.05, 4.69) is 51.6 Å². The van der Waals surface area contributed by atoms with E-state index in [9.17, 15) is 4.79 Å². The second kappa shape index (κ2) is 12.1. The highest BCUT2D eigenvalue weighted by Crippen LogP contribution is 2.13. The summed E-state index contributed by atoms with van der Waals surface area (Å²) in [6.07, 6.45) is 1.81. The van der Waals surface area contributed by atoms with Crippen molar-refractivity contribution in [1.82, 2.24) is 14.8 Å². The first-order valence-corrected chi connectivity index (χ1v) is 9.87. The van der Waals surface area contributed by atoms with Crippen molar-refractivity contribution in [1.29, 1.82) is 0 Å². The van der Waals surface area contributed by atoms with Gasteiger partial charge in [0.15, 0.2) is 5.96 Å². The van der Waals surface area contributed by atoms with Gasteiger partial charge in [-0.3, -0.25) is 9.79 Å². The van der Waals surface area contributed by atoms with Gasteiger partial charge < -0.3 is 19.5 Å². The first kappa shape index (κ1) is 24.5. The highest BCUT2D eigenvalue weighted by Gasteiger charge is 2.07. The number of methoxy groups -OCH3 is 1. The second-order valence-corrected chi connectivity index (χ2v) is 7.09. The number of hydrogen-bond donors (Lipinski definition) is 1. The Labute approximate surface area is 200 Å².